The van der Waals surface area contributed by atoms with E-state index in [1.165, 1.54) is 18.3 Å². The molecule has 0 aliphatic carbocycles. The van der Waals surface area contributed by atoms with Gasteiger partial charge in [-0.15, -0.1) is 11.3 Å². The third-order valence-corrected chi connectivity index (χ3v) is 3.84. The number of hydrogen-bond acceptors (Lipinski definition) is 4. The van der Waals surface area contributed by atoms with Crippen LogP contribution in [-0.4, -0.2) is 21.7 Å². The highest BCUT2D eigenvalue weighted by molar-refractivity contribution is 7.15. The van der Waals surface area contributed by atoms with E-state index in [-0.39, 0.29) is 17.7 Å². The van der Waals surface area contributed by atoms with Crippen molar-refractivity contribution in [1.82, 2.24) is 15.3 Å². The highest BCUT2D eigenvalue weighted by Gasteiger charge is 2.16. The van der Waals surface area contributed by atoms with Crippen LogP contribution in [0, 0.1) is 6.92 Å². The molecule has 19 heavy (non-hydrogen) atoms. The van der Waals surface area contributed by atoms with Crippen LogP contribution in [0.5, 0.6) is 0 Å². The van der Waals surface area contributed by atoms with Gasteiger partial charge < -0.3 is 10.3 Å². The Hall–Kier alpha value is -1.95. The van der Waals surface area contributed by atoms with Gasteiger partial charge in [0.15, 0.2) is 5.78 Å². The van der Waals surface area contributed by atoms with Crippen LogP contribution in [0.15, 0.2) is 18.3 Å². The molecule has 1 atom stereocenters. The fraction of sp³-hybridized carbons (Fsp3) is 0.308. The molecule has 2 heterocycles. The normalized spacial score (nSPS) is 12.2. The molecule has 1 amide bonds. The highest BCUT2D eigenvalue weighted by Crippen LogP contribution is 2.18. The number of hydrogen-bond donors (Lipinski definition) is 2. The van der Waals surface area contributed by atoms with Crippen molar-refractivity contribution in [2.75, 3.05) is 0 Å². The maximum Gasteiger partial charge on any atom is 0.261 e. The van der Waals surface area contributed by atoms with E-state index in [4.69, 9.17) is 0 Å². The summed E-state index contributed by atoms with van der Waals surface area (Å²) in [7, 11) is 0. The Morgan fingerprint density at radius 3 is 2.58 bits per heavy atom. The molecule has 0 fully saturated rings. The first-order chi connectivity index (χ1) is 8.97. The van der Waals surface area contributed by atoms with E-state index < -0.39 is 0 Å². The summed E-state index contributed by atoms with van der Waals surface area (Å²) in [4.78, 5) is 31.6. The molecule has 0 aliphatic rings. The summed E-state index contributed by atoms with van der Waals surface area (Å²) < 4.78 is 0. The summed E-state index contributed by atoms with van der Waals surface area (Å²) in [6.07, 6.45) is 1.72. The maximum atomic E-state index is 12.0. The van der Waals surface area contributed by atoms with E-state index in [1.54, 1.807) is 18.3 Å². The molecular weight excluding hydrogens is 262 g/mol. The van der Waals surface area contributed by atoms with Crippen LogP contribution in [0.4, 0.5) is 0 Å². The zero-order chi connectivity index (χ0) is 14.0. The Kier molecular flexibility index (Phi) is 3.80. The Balaban J connectivity index is 2.06. The first kappa shape index (κ1) is 13.5. The predicted molar refractivity (Wildman–Crippen MR) is 73.5 cm³/mol. The Morgan fingerprint density at radius 1 is 1.37 bits per heavy atom. The Bertz CT molecular complexity index is 615. The van der Waals surface area contributed by atoms with Crippen LogP contribution >= 0.6 is 11.3 Å². The van der Waals surface area contributed by atoms with E-state index >= 15 is 0 Å². The molecule has 0 bridgehead atoms. The van der Waals surface area contributed by atoms with Crippen molar-refractivity contribution in [1.29, 1.82) is 0 Å². The van der Waals surface area contributed by atoms with Gasteiger partial charge in [0.25, 0.3) is 5.91 Å². The maximum absolute atomic E-state index is 12.0. The SMILES string of the molecule is CC(=O)c1ccc(C(=O)N[C@@H](C)c2ncc(C)[nH]2)s1. The molecule has 6 heteroatoms. The molecule has 0 unspecified atom stereocenters. The lowest BCUT2D eigenvalue weighted by molar-refractivity contribution is 0.0942. The third-order valence-electron chi connectivity index (χ3n) is 2.66. The second-order valence-electron chi connectivity index (χ2n) is 4.37. The Morgan fingerprint density at radius 2 is 2.05 bits per heavy atom. The average Bonchev–Trinajstić information content (AvgIpc) is 2.96. The first-order valence-corrected chi connectivity index (χ1v) is 6.72. The second-order valence-corrected chi connectivity index (χ2v) is 5.45. The topological polar surface area (TPSA) is 74.8 Å². The van der Waals surface area contributed by atoms with Gasteiger partial charge in [0, 0.05) is 11.9 Å². The van der Waals surface area contributed by atoms with Crippen LogP contribution in [0.2, 0.25) is 0 Å². The average molecular weight is 277 g/mol. The summed E-state index contributed by atoms with van der Waals surface area (Å²) in [5.41, 5.74) is 0.950. The Labute approximate surface area is 115 Å². The largest absolute Gasteiger partial charge is 0.344 e. The van der Waals surface area contributed by atoms with E-state index in [1.807, 2.05) is 13.8 Å². The lowest BCUT2D eigenvalue weighted by Gasteiger charge is -2.10. The van der Waals surface area contributed by atoms with Gasteiger partial charge in [-0.05, 0) is 32.9 Å². The lowest BCUT2D eigenvalue weighted by Crippen LogP contribution is -2.26. The van der Waals surface area contributed by atoms with Crippen molar-refractivity contribution in [3.8, 4) is 0 Å². The van der Waals surface area contributed by atoms with Crippen molar-refractivity contribution in [3.05, 3.63) is 39.6 Å². The minimum atomic E-state index is -0.205. The zero-order valence-corrected chi connectivity index (χ0v) is 11.8. The number of H-pyrrole nitrogens is 1. The molecule has 0 spiro atoms. The van der Waals surface area contributed by atoms with Crippen LogP contribution in [-0.2, 0) is 0 Å². The molecule has 0 aliphatic heterocycles. The van der Waals surface area contributed by atoms with E-state index in [9.17, 15) is 9.59 Å². The molecule has 2 rings (SSSR count). The smallest absolute Gasteiger partial charge is 0.261 e. The number of nitrogens with zero attached hydrogens (tertiary/aromatic N) is 1. The summed E-state index contributed by atoms with van der Waals surface area (Å²) in [5, 5.41) is 2.84. The number of thiophene rings is 1. The lowest BCUT2D eigenvalue weighted by atomic mass is 10.3. The van der Waals surface area contributed by atoms with Gasteiger partial charge in [0.05, 0.1) is 15.8 Å². The summed E-state index contributed by atoms with van der Waals surface area (Å²) in [6.45, 7) is 5.25. The number of aromatic nitrogens is 2. The number of rotatable bonds is 4. The molecule has 0 aromatic carbocycles. The summed E-state index contributed by atoms with van der Waals surface area (Å²) in [5.74, 6) is 0.493. The number of nitrogens with one attached hydrogen (secondary N) is 2. The van der Waals surface area contributed by atoms with Gasteiger partial charge in [-0.3, -0.25) is 9.59 Å². The van der Waals surface area contributed by atoms with Crippen molar-refractivity contribution < 1.29 is 9.59 Å². The summed E-state index contributed by atoms with van der Waals surface area (Å²) >= 11 is 1.20. The molecule has 5 nitrogen and oxygen atoms in total. The van der Waals surface area contributed by atoms with Gasteiger partial charge in [-0.25, -0.2) is 4.98 Å². The number of amides is 1. The number of ketones is 1. The predicted octanol–water partition coefficient (Wildman–Crippen LogP) is 2.47. The van der Waals surface area contributed by atoms with Crippen molar-refractivity contribution >= 4 is 23.0 Å². The van der Waals surface area contributed by atoms with Gasteiger partial charge in [0.2, 0.25) is 0 Å². The number of aromatic amines is 1. The third kappa shape index (κ3) is 3.08. The highest BCUT2D eigenvalue weighted by atomic mass is 32.1. The number of imidazole rings is 1. The molecular formula is C13H15N3O2S. The van der Waals surface area contributed by atoms with E-state index in [2.05, 4.69) is 15.3 Å². The molecule has 0 radical (unpaired) electrons. The van der Waals surface area contributed by atoms with Crippen molar-refractivity contribution in [3.63, 3.8) is 0 Å². The molecule has 2 N–H and O–H groups in total. The first-order valence-electron chi connectivity index (χ1n) is 5.90. The minimum Gasteiger partial charge on any atom is -0.344 e. The number of carbonyl (C=O) groups is 2. The molecule has 100 valence electrons. The molecule has 2 aromatic heterocycles. The number of aryl methyl sites for hydroxylation is 1. The standard InChI is InChI=1S/C13H15N3O2S/c1-7-6-14-12(15-7)8(2)16-13(18)11-5-4-10(19-11)9(3)17/h4-6,8H,1-3H3,(H,14,15)(H,16,18)/t8-/m0/s1. The number of Topliss-reactive ketones (excluding diaryl/α,β-unsaturated/α-hetero) is 1. The fourth-order valence-electron chi connectivity index (χ4n) is 1.64. The number of carbonyl (C=O) groups excluding carboxylic acids is 2. The van der Waals surface area contributed by atoms with Gasteiger partial charge in [0.1, 0.15) is 5.82 Å². The van der Waals surface area contributed by atoms with Gasteiger partial charge in [-0.1, -0.05) is 0 Å². The van der Waals surface area contributed by atoms with Crippen LogP contribution in [0.25, 0.3) is 0 Å². The quantitative estimate of drug-likeness (QED) is 0.843. The minimum absolute atomic E-state index is 0.0289. The van der Waals surface area contributed by atoms with Crippen molar-refractivity contribution in [2.24, 2.45) is 0 Å². The van der Waals surface area contributed by atoms with Crippen LogP contribution < -0.4 is 5.32 Å². The fourth-order valence-corrected chi connectivity index (χ4v) is 2.44. The zero-order valence-electron chi connectivity index (χ0n) is 11.0. The summed E-state index contributed by atoms with van der Waals surface area (Å²) in [6, 6.07) is 3.13. The van der Waals surface area contributed by atoms with Gasteiger partial charge in [-0.2, -0.15) is 0 Å². The molecule has 0 saturated carbocycles. The second kappa shape index (κ2) is 5.36. The monoisotopic (exact) mass is 277 g/mol. The van der Waals surface area contributed by atoms with Gasteiger partial charge >= 0.3 is 0 Å². The van der Waals surface area contributed by atoms with Crippen LogP contribution in [0.1, 0.15) is 50.8 Å². The van der Waals surface area contributed by atoms with Crippen molar-refractivity contribution in [2.45, 2.75) is 26.8 Å². The molecule has 2 aromatic rings. The van der Waals surface area contributed by atoms with E-state index in [0.717, 1.165) is 5.69 Å². The molecule has 0 saturated heterocycles. The van der Waals surface area contributed by atoms with Crippen LogP contribution in [0.3, 0.4) is 0 Å². The van der Waals surface area contributed by atoms with E-state index in [0.29, 0.717) is 15.6 Å².